The van der Waals surface area contributed by atoms with E-state index in [4.69, 9.17) is 24.2 Å². The Balaban J connectivity index is 1.70. The van der Waals surface area contributed by atoms with E-state index < -0.39 is 18.0 Å². The molecule has 0 saturated carbocycles. The number of nitrogens with one attached hydrogen (secondary N) is 1. The number of carbonyl (C=O) groups excluding carboxylic acids is 2. The average molecular weight is 382 g/mol. The number of methoxy groups -OCH3 is 1. The number of ether oxygens (including phenoxy) is 4. The summed E-state index contributed by atoms with van der Waals surface area (Å²) in [6.45, 7) is 2.20. The van der Waals surface area contributed by atoms with Gasteiger partial charge in [-0.05, 0) is 37.3 Å². The third kappa shape index (κ3) is 4.15. The molecule has 1 unspecified atom stereocenters. The molecular formula is C20H18N2O6. The van der Waals surface area contributed by atoms with Gasteiger partial charge in [-0.3, -0.25) is 4.79 Å². The molecular weight excluding hydrogens is 364 g/mol. The van der Waals surface area contributed by atoms with E-state index in [1.54, 1.807) is 18.2 Å². The number of benzene rings is 2. The molecule has 0 spiro atoms. The van der Waals surface area contributed by atoms with Gasteiger partial charge in [0.25, 0.3) is 5.91 Å². The lowest BCUT2D eigenvalue weighted by Crippen LogP contribution is -2.30. The molecule has 0 bridgehead atoms. The highest BCUT2D eigenvalue weighted by atomic mass is 16.6. The van der Waals surface area contributed by atoms with Gasteiger partial charge in [-0.25, -0.2) is 4.79 Å². The van der Waals surface area contributed by atoms with E-state index in [0.717, 1.165) is 0 Å². The first-order valence-corrected chi connectivity index (χ1v) is 8.51. The number of anilines is 1. The first-order valence-electron chi connectivity index (χ1n) is 8.51. The van der Waals surface area contributed by atoms with E-state index in [1.807, 2.05) is 6.07 Å². The Morgan fingerprint density at radius 3 is 2.75 bits per heavy atom. The molecule has 0 aromatic heterocycles. The monoisotopic (exact) mass is 382 g/mol. The first-order chi connectivity index (χ1) is 13.5. The van der Waals surface area contributed by atoms with Crippen LogP contribution < -0.4 is 19.5 Å². The summed E-state index contributed by atoms with van der Waals surface area (Å²) in [6.07, 6.45) is -1.06. The summed E-state index contributed by atoms with van der Waals surface area (Å²) in [5.74, 6) is -0.0809. The van der Waals surface area contributed by atoms with Gasteiger partial charge in [-0.15, -0.1) is 0 Å². The number of hydrogen-bond donors (Lipinski definition) is 1. The summed E-state index contributed by atoms with van der Waals surface area (Å²) in [6, 6.07) is 11.4. The van der Waals surface area contributed by atoms with Gasteiger partial charge in [0, 0.05) is 5.69 Å². The molecule has 1 atom stereocenters. The molecule has 0 radical (unpaired) electrons. The van der Waals surface area contributed by atoms with E-state index in [-0.39, 0.29) is 5.56 Å². The van der Waals surface area contributed by atoms with Crippen LogP contribution in [0.3, 0.4) is 0 Å². The van der Waals surface area contributed by atoms with E-state index in [1.165, 1.54) is 32.2 Å². The molecule has 8 nitrogen and oxygen atoms in total. The van der Waals surface area contributed by atoms with Gasteiger partial charge in [-0.1, -0.05) is 6.07 Å². The average Bonchev–Trinajstić information content (AvgIpc) is 2.72. The topological polar surface area (TPSA) is 107 Å². The van der Waals surface area contributed by atoms with Crippen LogP contribution >= 0.6 is 0 Å². The second-order valence-corrected chi connectivity index (χ2v) is 5.93. The Morgan fingerprint density at radius 1 is 1.21 bits per heavy atom. The zero-order chi connectivity index (χ0) is 20.1. The quantitative estimate of drug-likeness (QED) is 0.792. The van der Waals surface area contributed by atoms with Gasteiger partial charge < -0.3 is 24.3 Å². The van der Waals surface area contributed by atoms with Crippen molar-refractivity contribution in [2.24, 2.45) is 0 Å². The summed E-state index contributed by atoms with van der Waals surface area (Å²) in [5, 5.41) is 11.5. The molecule has 1 amide bonds. The molecule has 2 aromatic rings. The van der Waals surface area contributed by atoms with Gasteiger partial charge in [0.15, 0.2) is 17.6 Å². The number of carbonyl (C=O) groups is 2. The summed E-state index contributed by atoms with van der Waals surface area (Å²) in [4.78, 5) is 24.8. The molecule has 0 aliphatic carbocycles. The fraction of sp³-hybridized carbons (Fsp3) is 0.250. The number of hydrogen-bond acceptors (Lipinski definition) is 7. The minimum absolute atomic E-state index is 0.173. The van der Waals surface area contributed by atoms with Gasteiger partial charge in [0.2, 0.25) is 5.75 Å². The highest BCUT2D eigenvalue weighted by molar-refractivity contribution is 5.97. The van der Waals surface area contributed by atoms with Crippen LogP contribution in [-0.4, -0.2) is 38.3 Å². The fourth-order valence-corrected chi connectivity index (χ4v) is 2.58. The summed E-state index contributed by atoms with van der Waals surface area (Å²) >= 11 is 0. The van der Waals surface area contributed by atoms with Gasteiger partial charge in [-0.2, -0.15) is 5.26 Å². The van der Waals surface area contributed by atoms with Crippen LogP contribution in [0.25, 0.3) is 0 Å². The van der Waals surface area contributed by atoms with Crippen LogP contribution in [0.4, 0.5) is 5.69 Å². The van der Waals surface area contributed by atoms with Crippen molar-refractivity contribution in [3.05, 3.63) is 47.5 Å². The number of fused-ring (bicyclic) bond motifs is 1. The van der Waals surface area contributed by atoms with Crippen molar-refractivity contribution >= 4 is 17.6 Å². The zero-order valence-electron chi connectivity index (χ0n) is 15.4. The normalized spacial score (nSPS) is 13.0. The lowest BCUT2D eigenvalue weighted by molar-refractivity contribution is -0.123. The minimum atomic E-state index is -1.06. The van der Waals surface area contributed by atoms with Crippen molar-refractivity contribution in [1.82, 2.24) is 0 Å². The predicted molar refractivity (Wildman–Crippen MR) is 98.6 cm³/mol. The van der Waals surface area contributed by atoms with Crippen LogP contribution in [0, 0.1) is 11.3 Å². The predicted octanol–water partition coefficient (Wildman–Crippen LogP) is 2.52. The number of amides is 1. The molecule has 3 rings (SSSR count). The summed E-state index contributed by atoms with van der Waals surface area (Å²) in [5.41, 5.74) is 1.02. The van der Waals surface area contributed by atoms with Crippen LogP contribution in [0.1, 0.15) is 22.8 Å². The van der Waals surface area contributed by atoms with Crippen LogP contribution in [-0.2, 0) is 9.53 Å². The molecule has 0 saturated heterocycles. The number of rotatable bonds is 5. The zero-order valence-corrected chi connectivity index (χ0v) is 15.4. The molecule has 1 aliphatic heterocycles. The second-order valence-electron chi connectivity index (χ2n) is 5.93. The Labute approximate surface area is 161 Å². The summed E-state index contributed by atoms with van der Waals surface area (Å²) in [7, 11) is 1.45. The lowest BCUT2D eigenvalue weighted by Gasteiger charge is -2.21. The van der Waals surface area contributed by atoms with Crippen molar-refractivity contribution in [3.63, 3.8) is 0 Å². The molecule has 28 heavy (non-hydrogen) atoms. The number of esters is 1. The lowest BCUT2D eigenvalue weighted by atomic mass is 10.1. The molecule has 8 heteroatoms. The maximum atomic E-state index is 12.5. The second kappa shape index (κ2) is 8.31. The van der Waals surface area contributed by atoms with E-state index in [9.17, 15) is 9.59 Å². The smallest absolute Gasteiger partial charge is 0.339 e. The number of nitriles is 1. The Bertz CT molecular complexity index is 933. The van der Waals surface area contributed by atoms with E-state index in [2.05, 4.69) is 5.32 Å². The first kappa shape index (κ1) is 19.0. The van der Waals surface area contributed by atoms with Crippen molar-refractivity contribution in [2.75, 3.05) is 25.6 Å². The highest BCUT2D eigenvalue weighted by Gasteiger charge is 2.24. The van der Waals surface area contributed by atoms with Crippen molar-refractivity contribution in [2.45, 2.75) is 13.0 Å². The standard InChI is InChI=1S/C20H18N2O6/c1-12(19(23)22-15-5-3-4-13(8-15)11-21)28-20(24)14-9-16(25-2)18-17(10-14)26-6-7-27-18/h3-5,8-10,12H,6-7H2,1-2H3,(H,22,23). The highest BCUT2D eigenvalue weighted by Crippen LogP contribution is 2.40. The fourth-order valence-electron chi connectivity index (χ4n) is 2.58. The third-order valence-corrected chi connectivity index (χ3v) is 3.98. The van der Waals surface area contributed by atoms with Crippen molar-refractivity contribution < 1.29 is 28.5 Å². The van der Waals surface area contributed by atoms with Crippen molar-refractivity contribution in [1.29, 1.82) is 5.26 Å². The molecule has 1 aliphatic rings. The van der Waals surface area contributed by atoms with E-state index in [0.29, 0.717) is 41.7 Å². The third-order valence-electron chi connectivity index (χ3n) is 3.98. The molecule has 0 fully saturated rings. The minimum Gasteiger partial charge on any atom is -0.493 e. The maximum absolute atomic E-state index is 12.5. The van der Waals surface area contributed by atoms with Gasteiger partial charge >= 0.3 is 5.97 Å². The molecule has 1 heterocycles. The Morgan fingerprint density at radius 2 is 2.00 bits per heavy atom. The SMILES string of the molecule is COc1cc(C(=O)OC(C)C(=O)Nc2cccc(C#N)c2)cc2c1OCCO2. The molecule has 144 valence electrons. The van der Waals surface area contributed by atoms with Crippen LogP contribution in [0.15, 0.2) is 36.4 Å². The van der Waals surface area contributed by atoms with Crippen LogP contribution in [0.5, 0.6) is 17.2 Å². The molecule has 1 N–H and O–H groups in total. The Hall–Kier alpha value is -3.73. The number of nitrogens with zero attached hydrogens (tertiary/aromatic N) is 1. The summed E-state index contributed by atoms with van der Waals surface area (Å²) < 4.78 is 21.5. The van der Waals surface area contributed by atoms with Crippen molar-refractivity contribution in [3.8, 4) is 23.3 Å². The Kier molecular flexibility index (Phi) is 5.65. The van der Waals surface area contributed by atoms with E-state index >= 15 is 0 Å². The van der Waals surface area contributed by atoms with Gasteiger partial charge in [0.1, 0.15) is 13.2 Å². The molecule has 2 aromatic carbocycles. The maximum Gasteiger partial charge on any atom is 0.339 e. The van der Waals surface area contributed by atoms with Gasteiger partial charge in [0.05, 0.1) is 24.3 Å². The largest absolute Gasteiger partial charge is 0.493 e. The van der Waals surface area contributed by atoms with Crippen LogP contribution in [0.2, 0.25) is 0 Å².